The molecule has 6 heteroatoms. The SMILES string of the molecule is C=CC(=O)Nc1cccc(-c2cnc3[nH]cc(-c4ccc(O)cn4)c3c2)c1. The molecule has 0 aliphatic heterocycles. The first kappa shape index (κ1) is 16.5. The lowest BCUT2D eigenvalue weighted by atomic mass is 10.0. The van der Waals surface area contributed by atoms with Gasteiger partial charge in [0.25, 0.3) is 0 Å². The summed E-state index contributed by atoms with van der Waals surface area (Å²) in [6.45, 7) is 3.46. The first-order valence-corrected chi connectivity index (χ1v) is 8.30. The molecule has 1 aromatic carbocycles. The highest BCUT2D eigenvalue weighted by molar-refractivity contribution is 5.99. The second-order valence-corrected chi connectivity index (χ2v) is 6.00. The Balaban J connectivity index is 1.76. The van der Waals surface area contributed by atoms with Gasteiger partial charge in [0.15, 0.2) is 0 Å². The van der Waals surface area contributed by atoms with E-state index in [0.717, 1.165) is 33.4 Å². The summed E-state index contributed by atoms with van der Waals surface area (Å²) in [4.78, 5) is 23.4. The zero-order chi connectivity index (χ0) is 18.8. The molecule has 0 fully saturated rings. The first-order valence-electron chi connectivity index (χ1n) is 8.30. The molecule has 132 valence electrons. The van der Waals surface area contributed by atoms with E-state index in [-0.39, 0.29) is 11.7 Å². The van der Waals surface area contributed by atoms with E-state index in [2.05, 4.69) is 26.8 Å². The van der Waals surface area contributed by atoms with Crippen LogP contribution < -0.4 is 5.32 Å². The molecule has 3 aromatic heterocycles. The van der Waals surface area contributed by atoms with Crippen molar-refractivity contribution in [2.45, 2.75) is 0 Å². The summed E-state index contributed by atoms with van der Waals surface area (Å²) in [5.74, 6) is -0.136. The number of fused-ring (bicyclic) bond motifs is 1. The van der Waals surface area contributed by atoms with Crippen molar-refractivity contribution in [1.29, 1.82) is 0 Å². The molecule has 4 aromatic rings. The number of rotatable bonds is 4. The van der Waals surface area contributed by atoms with Crippen molar-refractivity contribution in [2.75, 3.05) is 5.32 Å². The Bertz CT molecular complexity index is 1150. The van der Waals surface area contributed by atoms with Crippen molar-refractivity contribution < 1.29 is 9.90 Å². The lowest BCUT2D eigenvalue weighted by Gasteiger charge is -2.07. The number of aromatic amines is 1. The Morgan fingerprint density at radius 1 is 1.11 bits per heavy atom. The second kappa shape index (κ2) is 6.76. The quantitative estimate of drug-likeness (QED) is 0.480. The van der Waals surface area contributed by atoms with Crippen LogP contribution in [0.15, 0.2) is 73.7 Å². The number of hydrogen-bond acceptors (Lipinski definition) is 4. The number of amides is 1. The maximum Gasteiger partial charge on any atom is 0.247 e. The maximum absolute atomic E-state index is 11.5. The zero-order valence-corrected chi connectivity index (χ0v) is 14.3. The number of anilines is 1. The van der Waals surface area contributed by atoms with Gasteiger partial charge in [-0.1, -0.05) is 18.7 Å². The summed E-state index contributed by atoms with van der Waals surface area (Å²) >= 11 is 0. The summed E-state index contributed by atoms with van der Waals surface area (Å²) in [7, 11) is 0. The molecule has 0 atom stereocenters. The number of aromatic nitrogens is 3. The summed E-state index contributed by atoms with van der Waals surface area (Å²) in [5.41, 5.74) is 4.92. The van der Waals surface area contributed by atoms with Gasteiger partial charge in [0, 0.05) is 34.6 Å². The van der Waals surface area contributed by atoms with Gasteiger partial charge in [-0.15, -0.1) is 0 Å². The molecule has 1 amide bonds. The van der Waals surface area contributed by atoms with Gasteiger partial charge in [0.2, 0.25) is 5.91 Å². The number of pyridine rings is 2. The number of aromatic hydroxyl groups is 1. The van der Waals surface area contributed by atoms with Crippen LogP contribution in [-0.2, 0) is 4.79 Å². The maximum atomic E-state index is 11.5. The Morgan fingerprint density at radius 3 is 2.78 bits per heavy atom. The minimum Gasteiger partial charge on any atom is -0.506 e. The summed E-state index contributed by atoms with van der Waals surface area (Å²) < 4.78 is 0. The van der Waals surface area contributed by atoms with E-state index in [1.807, 2.05) is 36.5 Å². The molecule has 3 N–H and O–H groups in total. The van der Waals surface area contributed by atoms with Crippen LogP contribution >= 0.6 is 0 Å². The predicted molar refractivity (Wildman–Crippen MR) is 105 cm³/mol. The van der Waals surface area contributed by atoms with Crippen LogP contribution in [0.2, 0.25) is 0 Å². The fourth-order valence-corrected chi connectivity index (χ4v) is 2.89. The van der Waals surface area contributed by atoms with E-state index in [4.69, 9.17) is 0 Å². The van der Waals surface area contributed by atoms with Crippen molar-refractivity contribution in [3.05, 3.63) is 73.7 Å². The van der Waals surface area contributed by atoms with E-state index in [9.17, 15) is 9.90 Å². The average Bonchev–Trinajstić information content (AvgIpc) is 3.12. The minimum absolute atomic E-state index is 0.121. The molecule has 27 heavy (non-hydrogen) atoms. The van der Waals surface area contributed by atoms with E-state index < -0.39 is 0 Å². The lowest BCUT2D eigenvalue weighted by Crippen LogP contribution is -2.06. The highest BCUT2D eigenvalue weighted by Gasteiger charge is 2.10. The third-order valence-electron chi connectivity index (χ3n) is 4.20. The number of hydrogen-bond donors (Lipinski definition) is 3. The number of nitrogens with one attached hydrogen (secondary N) is 2. The molecule has 6 nitrogen and oxygen atoms in total. The van der Waals surface area contributed by atoms with Crippen LogP contribution in [-0.4, -0.2) is 26.0 Å². The van der Waals surface area contributed by atoms with Crippen LogP contribution in [0.4, 0.5) is 5.69 Å². The molecule has 3 heterocycles. The molecule has 0 saturated heterocycles. The molecular weight excluding hydrogens is 340 g/mol. The number of H-pyrrole nitrogens is 1. The van der Waals surface area contributed by atoms with E-state index in [1.165, 1.54) is 12.3 Å². The molecule has 0 bridgehead atoms. The van der Waals surface area contributed by atoms with Crippen LogP contribution in [0.3, 0.4) is 0 Å². The van der Waals surface area contributed by atoms with Crippen LogP contribution in [0.5, 0.6) is 5.75 Å². The van der Waals surface area contributed by atoms with Gasteiger partial charge in [0.05, 0.1) is 11.9 Å². The average molecular weight is 356 g/mol. The third-order valence-corrected chi connectivity index (χ3v) is 4.20. The predicted octanol–water partition coefficient (Wildman–Crippen LogP) is 4.12. The Morgan fingerprint density at radius 2 is 2.00 bits per heavy atom. The normalized spacial score (nSPS) is 10.7. The summed E-state index contributed by atoms with van der Waals surface area (Å²) in [5, 5.41) is 13.1. The van der Waals surface area contributed by atoms with Gasteiger partial charge >= 0.3 is 0 Å². The summed E-state index contributed by atoms with van der Waals surface area (Å²) in [6.07, 6.45) is 6.27. The molecule has 0 spiro atoms. The monoisotopic (exact) mass is 356 g/mol. The fourth-order valence-electron chi connectivity index (χ4n) is 2.89. The topological polar surface area (TPSA) is 90.9 Å². The van der Waals surface area contributed by atoms with Crippen molar-refractivity contribution in [3.8, 4) is 28.1 Å². The number of nitrogens with zero attached hydrogens (tertiary/aromatic N) is 2. The number of carbonyl (C=O) groups excluding carboxylic acids is 1. The first-order chi connectivity index (χ1) is 13.1. The van der Waals surface area contributed by atoms with Gasteiger partial charge < -0.3 is 15.4 Å². The van der Waals surface area contributed by atoms with E-state index in [0.29, 0.717) is 5.69 Å². The van der Waals surface area contributed by atoms with Gasteiger partial charge in [-0.2, -0.15) is 0 Å². The largest absolute Gasteiger partial charge is 0.506 e. The number of carbonyl (C=O) groups is 1. The van der Waals surface area contributed by atoms with Crippen LogP contribution in [0.25, 0.3) is 33.4 Å². The van der Waals surface area contributed by atoms with Crippen molar-refractivity contribution in [2.24, 2.45) is 0 Å². The van der Waals surface area contributed by atoms with Crippen molar-refractivity contribution >= 4 is 22.6 Å². The minimum atomic E-state index is -0.257. The van der Waals surface area contributed by atoms with Gasteiger partial charge in [-0.25, -0.2) is 4.98 Å². The third kappa shape index (κ3) is 3.28. The molecule has 0 saturated carbocycles. The van der Waals surface area contributed by atoms with Gasteiger partial charge in [-0.3, -0.25) is 9.78 Å². The van der Waals surface area contributed by atoms with Gasteiger partial charge in [-0.05, 0) is 42.0 Å². The van der Waals surface area contributed by atoms with Crippen LogP contribution in [0.1, 0.15) is 0 Å². The fraction of sp³-hybridized carbons (Fsp3) is 0. The van der Waals surface area contributed by atoms with Gasteiger partial charge in [0.1, 0.15) is 11.4 Å². The molecule has 0 aliphatic carbocycles. The zero-order valence-electron chi connectivity index (χ0n) is 14.3. The van der Waals surface area contributed by atoms with E-state index >= 15 is 0 Å². The highest BCUT2D eigenvalue weighted by atomic mass is 16.3. The Hall–Kier alpha value is -3.93. The van der Waals surface area contributed by atoms with Crippen molar-refractivity contribution in [3.63, 3.8) is 0 Å². The standard InChI is InChI=1S/C21H16N4O2/c1-2-20(27)25-15-5-3-4-13(8-15)14-9-17-18(12-24-21(17)23-10-14)19-7-6-16(26)11-22-19/h2-12,26H,1H2,(H,23,24)(H,25,27). The number of benzene rings is 1. The Labute approximate surface area is 155 Å². The molecule has 0 radical (unpaired) electrons. The molecular formula is C21H16N4O2. The lowest BCUT2D eigenvalue weighted by molar-refractivity contribution is -0.111. The van der Waals surface area contributed by atoms with Crippen LogP contribution in [0, 0.1) is 0 Å². The highest BCUT2D eigenvalue weighted by Crippen LogP contribution is 2.31. The Kier molecular flexibility index (Phi) is 4.14. The smallest absolute Gasteiger partial charge is 0.247 e. The molecule has 0 unspecified atom stereocenters. The summed E-state index contributed by atoms with van der Waals surface area (Å²) in [6, 6.07) is 12.9. The van der Waals surface area contributed by atoms with Crippen molar-refractivity contribution in [1.82, 2.24) is 15.0 Å². The van der Waals surface area contributed by atoms with E-state index in [1.54, 1.807) is 18.3 Å². The molecule has 4 rings (SSSR count). The second-order valence-electron chi connectivity index (χ2n) is 6.00. The molecule has 0 aliphatic rings.